The van der Waals surface area contributed by atoms with E-state index in [0.29, 0.717) is 12.8 Å². The molecule has 0 heterocycles. The van der Waals surface area contributed by atoms with Crippen molar-refractivity contribution in [2.75, 3.05) is 6.61 Å². The van der Waals surface area contributed by atoms with Crippen molar-refractivity contribution in [1.82, 2.24) is 5.32 Å². The maximum atomic E-state index is 12.5. The highest BCUT2D eigenvalue weighted by atomic mass is 16.3. The van der Waals surface area contributed by atoms with E-state index in [1.54, 1.807) is 0 Å². The van der Waals surface area contributed by atoms with Crippen molar-refractivity contribution in [3.8, 4) is 0 Å². The Morgan fingerprint density at radius 1 is 0.357 bits per heavy atom. The molecule has 2 atom stereocenters. The van der Waals surface area contributed by atoms with Crippen LogP contribution in [0.2, 0.25) is 0 Å². The smallest absolute Gasteiger partial charge is 0.220 e. The number of aliphatic hydroxyl groups is 2. The monoisotopic (exact) mass is 968 g/mol. The van der Waals surface area contributed by atoms with Crippen LogP contribution in [0.1, 0.15) is 271 Å². The molecule has 0 radical (unpaired) electrons. The first-order valence-electron chi connectivity index (χ1n) is 29.7. The predicted molar refractivity (Wildman–Crippen MR) is 312 cm³/mol. The van der Waals surface area contributed by atoms with Gasteiger partial charge in [-0.1, -0.05) is 296 Å². The van der Waals surface area contributed by atoms with Gasteiger partial charge in [-0.2, -0.15) is 0 Å². The molecule has 0 saturated heterocycles. The van der Waals surface area contributed by atoms with E-state index < -0.39 is 12.1 Å². The number of aliphatic hydroxyl groups excluding tert-OH is 2. The first-order chi connectivity index (χ1) is 34.7. The fourth-order valence-corrected chi connectivity index (χ4v) is 8.51. The zero-order valence-corrected chi connectivity index (χ0v) is 46.0. The van der Waals surface area contributed by atoms with Crippen molar-refractivity contribution >= 4 is 5.91 Å². The second kappa shape index (κ2) is 60.1. The Morgan fingerprint density at radius 2 is 0.629 bits per heavy atom. The molecular formula is C66H113NO3. The lowest BCUT2D eigenvalue weighted by Gasteiger charge is -2.22. The highest BCUT2D eigenvalue weighted by molar-refractivity contribution is 5.76. The van der Waals surface area contributed by atoms with Crippen molar-refractivity contribution in [2.45, 2.75) is 283 Å². The molecule has 70 heavy (non-hydrogen) atoms. The zero-order valence-electron chi connectivity index (χ0n) is 46.0. The van der Waals surface area contributed by atoms with Crippen LogP contribution in [0.3, 0.4) is 0 Å². The van der Waals surface area contributed by atoms with Crippen molar-refractivity contribution in [2.24, 2.45) is 0 Å². The second-order valence-corrected chi connectivity index (χ2v) is 19.7. The van der Waals surface area contributed by atoms with Gasteiger partial charge in [0.2, 0.25) is 5.91 Å². The van der Waals surface area contributed by atoms with Crippen LogP contribution in [0.4, 0.5) is 0 Å². The van der Waals surface area contributed by atoms with Crippen molar-refractivity contribution in [3.63, 3.8) is 0 Å². The van der Waals surface area contributed by atoms with Gasteiger partial charge >= 0.3 is 0 Å². The van der Waals surface area contributed by atoms with E-state index in [9.17, 15) is 15.0 Å². The van der Waals surface area contributed by atoms with Crippen LogP contribution in [0.15, 0.2) is 122 Å². The summed E-state index contributed by atoms with van der Waals surface area (Å²) in [7, 11) is 0. The Bertz CT molecular complexity index is 1380. The minimum absolute atomic E-state index is 0.0484. The third-order valence-corrected chi connectivity index (χ3v) is 13.0. The summed E-state index contributed by atoms with van der Waals surface area (Å²) in [6.07, 6.45) is 91.8. The minimum Gasteiger partial charge on any atom is -0.394 e. The van der Waals surface area contributed by atoms with Crippen LogP contribution in [0.5, 0.6) is 0 Å². The first-order valence-corrected chi connectivity index (χ1v) is 29.7. The Hall–Kier alpha value is -3.21. The van der Waals surface area contributed by atoms with Crippen LogP contribution in [0.25, 0.3) is 0 Å². The van der Waals surface area contributed by atoms with E-state index in [0.717, 1.165) is 103 Å². The molecule has 0 bridgehead atoms. The molecule has 0 spiro atoms. The van der Waals surface area contributed by atoms with E-state index in [4.69, 9.17) is 0 Å². The lowest BCUT2D eigenvalue weighted by molar-refractivity contribution is -0.123. The maximum Gasteiger partial charge on any atom is 0.220 e. The van der Waals surface area contributed by atoms with Crippen LogP contribution in [-0.2, 0) is 4.79 Å². The molecule has 0 aliphatic carbocycles. The van der Waals surface area contributed by atoms with Crippen LogP contribution >= 0.6 is 0 Å². The fourth-order valence-electron chi connectivity index (χ4n) is 8.51. The van der Waals surface area contributed by atoms with Crippen molar-refractivity contribution < 1.29 is 15.0 Å². The lowest BCUT2D eigenvalue weighted by atomic mass is 10.0. The topological polar surface area (TPSA) is 69.6 Å². The lowest BCUT2D eigenvalue weighted by Crippen LogP contribution is -2.45. The van der Waals surface area contributed by atoms with Gasteiger partial charge in [-0.15, -0.1) is 0 Å². The Balaban J connectivity index is 3.61. The molecule has 4 nitrogen and oxygen atoms in total. The van der Waals surface area contributed by atoms with Crippen LogP contribution < -0.4 is 5.32 Å². The van der Waals surface area contributed by atoms with Gasteiger partial charge in [0.1, 0.15) is 0 Å². The predicted octanol–water partition coefficient (Wildman–Crippen LogP) is 20.0. The number of rotatable bonds is 53. The van der Waals surface area contributed by atoms with E-state index in [1.165, 1.54) is 141 Å². The van der Waals surface area contributed by atoms with E-state index in [2.05, 4.69) is 141 Å². The van der Waals surface area contributed by atoms with Gasteiger partial charge in [0, 0.05) is 6.42 Å². The van der Waals surface area contributed by atoms with Gasteiger partial charge in [0.05, 0.1) is 18.8 Å². The molecule has 4 heteroatoms. The molecule has 2 unspecified atom stereocenters. The molecule has 0 fully saturated rings. The third-order valence-electron chi connectivity index (χ3n) is 13.0. The normalized spacial score (nSPS) is 13.7. The standard InChI is InChI=1S/C66H113NO3/c1-3-5-7-9-11-13-15-17-19-21-23-25-26-27-28-29-30-31-32-33-34-35-36-37-38-39-40-42-44-46-48-50-52-54-56-58-60-62-66(70)67-64(63-68)65(69)61-59-57-55-53-51-49-47-45-43-41-24-22-20-18-16-14-12-10-8-6-4-2/h5,7,11,13,17,19,23,25,27-28,30-31,33-34,36-37,39-40,44,46,64-65,68-69H,3-4,6,8-10,12,14-16,18,20-22,24,26,29,32,35,38,41-43,45,47-63H2,1-2H3,(H,67,70)/b7-5-,13-11-,19-17-,25-23-,28-27-,31-30-,34-33-,37-36-,40-39-,46-44-. The third kappa shape index (κ3) is 55.7. The average Bonchev–Trinajstić information content (AvgIpc) is 3.36. The molecule has 0 aromatic heterocycles. The molecule has 0 aromatic carbocycles. The average molecular weight is 969 g/mol. The van der Waals surface area contributed by atoms with Gasteiger partial charge < -0.3 is 15.5 Å². The first kappa shape index (κ1) is 66.8. The molecule has 400 valence electrons. The number of nitrogens with one attached hydrogen (secondary N) is 1. The number of carbonyl (C=O) groups is 1. The molecule has 1 amide bonds. The van der Waals surface area contributed by atoms with Crippen molar-refractivity contribution in [1.29, 1.82) is 0 Å². The highest BCUT2D eigenvalue weighted by Crippen LogP contribution is 2.17. The van der Waals surface area contributed by atoms with Crippen molar-refractivity contribution in [3.05, 3.63) is 122 Å². The van der Waals surface area contributed by atoms with Gasteiger partial charge in [0.15, 0.2) is 0 Å². The Labute approximate surface area is 435 Å². The number of allylic oxidation sites excluding steroid dienone is 20. The largest absolute Gasteiger partial charge is 0.394 e. The van der Waals surface area contributed by atoms with Gasteiger partial charge in [-0.05, 0) is 89.9 Å². The van der Waals surface area contributed by atoms with E-state index in [-0.39, 0.29) is 12.5 Å². The summed E-state index contributed by atoms with van der Waals surface area (Å²) < 4.78 is 0. The Kier molecular flexibility index (Phi) is 57.3. The summed E-state index contributed by atoms with van der Waals surface area (Å²) in [6, 6.07) is -0.554. The second-order valence-electron chi connectivity index (χ2n) is 19.7. The number of carbonyl (C=O) groups excluding carboxylic acids is 1. The van der Waals surface area contributed by atoms with Crippen LogP contribution in [0, 0.1) is 0 Å². The van der Waals surface area contributed by atoms with E-state index in [1.807, 2.05) is 0 Å². The summed E-state index contributed by atoms with van der Waals surface area (Å²) in [6.45, 7) is 4.25. The van der Waals surface area contributed by atoms with Gasteiger partial charge in [-0.25, -0.2) is 0 Å². The summed E-state index contributed by atoms with van der Waals surface area (Å²) in [5.41, 5.74) is 0. The van der Waals surface area contributed by atoms with Gasteiger partial charge in [-0.3, -0.25) is 4.79 Å². The maximum absolute atomic E-state index is 12.5. The molecule has 0 aliphatic heterocycles. The number of unbranched alkanes of at least 4 members (excludes halogenated alkanes) is 26. The summed E-state index contributed by atoms with van der Waals surface area (Å²) in [5.74, 6) is -0.0484. The summed E-state index contributed by atoms with van der Waals surface area (Å²) in [4.78, 5) is 12.5. The molecular weight excluding hydrogens is 855 g/mol. The number of amides is 1. The van der Waals surface area contributed by atoms with Crippen LogP contribution in [-0.4, -0.2) is 34.9 Å². The Morgan fingerprint density at radius 3 is 0.943 bits per heavy atom. The zero-order chi connectivity index (χ0) is 50.6. The molecule has 0 rings (SSSR count). The minimum atomic E-state index is -0.675. The quantitative estimate of drug-likeness (QED) is 0.0420. The molecule has 0 saturated carbocycles. The SMILES string of the molecule is CC/C=C\C/C=C\C/C=C\C/C=C\C/C=C\C/C=C\C/C=C\C/C=C\C/C=C\C/C=C\CCCCCCCCC(=O)NC(CO)C(O)CCCCCCCCCCCCCCCCCCCCCCC. The summed E-state index contributed by atoms with van der Waals surface area (Å²) >= 11 is 0. The number of hydrogen-bond donors (Lipinski definition) is 3. The summed E-state index contributed by atoms with van der Waals surface area (Å²) in [5, 5.41) is 23.3. The van der Waals surface area contributed by atoms with Gasteiger partial charge in [0.25, 0.3) is 0 Å². The highest BCUT2D eigenvalue weighted by Gasteiger charge is 2.20. The number of hydrogen-bond acceptors (Lipinski definition) is 3. The molecule has 0 aromatic rings. The molecule has 0 aliphatic rings. The fraction of sp³-hybridized carbons (Fsp3) is 0.682. The molecule has 3 N–H and O–H groups in total. The van der Waals surface area contributed by atoms with E-state index >= 15 is 0 Å².